The molecule has 21 heavy (non-hydrogen) atoms. The maximum absolute atomic E-state index is 12.7. The Balaban J connectivity index is 1.83. The van der Waals surface area contributed by atoms with Gasteiger partial charge in [0.05, 0.1) is 5.52 Å². The van der Waals surface area contributed by atoms with Crippen molar-refractivity contribution in [3.8, 4) is 0 Å². The van der Waals surface area contributed by atoms with Gasteiger partial charge in [-0.3, -0.25) is 9.78 Å². The number of nitrogens with zero attached hydrogens (tertiary/aromatic N) is 2. The van der Waals surface area contributed by atoms with E-state index in [-0.39, 0.29) is 5.78 Å². The Labute approximate surface area is 130 Å². The molecule has 1 fully saturated rings. The second-order valence-corrected chi connectivity index (χ2v) is 6.39. The molecule has 1 aliphatic rings. The smallest absolute Gasteiger partial charge is 0.163 e. The molecule has 0 amide bonds. The van der Waals surface area contributed by atoms with Gasteiger partial charge in [0, 0.05) is 28.5 Å². The molecule has 0 N–H and O–H groups in total. The minimum absolute atomic E-state index is 0.232. The molecule has 4 heteroatoms. The fourth-order valence-electron chi connectivity index (χ4n) is 3.04. The Bertz CT molecular complexity index is 663. The molecule has 0 aliphatic carbocycles. The van der Waals surface area contributed by atoms with Crippen LogP contribution in [0.25, 0.3) is 10.9 Å². The van der Waals surface area contributed by atoms with Crippen LogP contribution in [0.2, 0.25) is 0 Å². The van der Waals surface area contributed by atoms with Crippen LogP contribution in [0.1, 0.15) is 29.6 Å². The van der Waals surface area contributed by atoms with Crippen molar-refractivity contribution in [3.05, 3.63) is 36.0 Å². The van der Waals surface area contributed by atoms with E-state index in [4.69, 9.17) is 0 Å². The second kappa shape index (κ2) is 6.16. The maximum Gasteiger partial charge on any atom is 0.163 e. The van der Waals surface area contributed by atoms with Crippen molar-refractivity contribution in [3.63, 3.8) is 0 Å². The summed E-state index contributed by atoms with van der Waals surface area (Å²) in [5.74, 6) is 0.743. The summed E-state index contributed by atoms with van der Waals surface area (Å²) in [7, 11) is 2.14. The molecule has 3 nitrogen and oxygen atoms in total. The number of rotatable bonds is 3. The molecule has 2 heterocycles. The second-order valence-electron chi connectivity index (χ2n) is 5.91. The molecule has 2 aromatic rings. The number of thiol groups is 1. The van der Waals surface area contributed by atoms with Gasteiger partial charge in [-0.25, -0.2) is 0 Å². The van der Waals surface area contributed by atoms with Gasteiger partial charge in [-0.1, -0.05) is 12.1 Å². The summed E-state index contributed by atoms with van der Waals surface area (Å²) in [4.78, 5) is 20.1. The zero-order valence-corrected chi connectivity index (χ0v) is 13.1. The highest BCUT2D eigenvalue weighted by molar-refractivity contribution is 7.80. The summed E-state index contributed by atoms with van der Waals surface area (Å²) in [6.07, 6.45) is 4.58. The van der Waals surface area contributed by atoms with Gasteiger partial charge in [-0.2, -0.15) is 0 Å². The van der Waals surface area contributed by atoms with Gasteiger partial charge in [0.2, 0.25) is 0 Å². The van der Waals surface area contributed by atoms with E-state index in [9.17, 15) is 4.79 Å². The van der Waals surface area contributed by atoms with E-state index in [0.717, 1.165) is 47.3 Å². The van der Waals surface area contributed by atoms with E-state index in [1.807, 2.05) is 24.3 Å². The van der Waals surface area contributed by atoms with Crippen LogP contribution in [0.5, 0.6) is 0 Å². The third-order valence-electron chi connectivity index (χ3n) is 4.36. The molecule has 0 bridgehead atoms. The predicted molar refractivity (Wildman–Crippen MR) is 88.2 cm³/mol. The highest BCUT2D eigenvalue weighted by Gasteiger charge is 2.21. The Morgan fingerprint density at radius 1 is 1.33 bits per heavy atom. The van der Waals surface area contributed by atoms with Crippen molar-refractivity contribution in [2.24, 2.45) is 5.92 Å². The van der Waals surface area contributed by atoms with Crippen LogP contribution >= 0.6 is 12.6 Å². The molecule has 1 aromatic heterocycles. The standard InChI is InChI=1S/C17H20N2OS/c1-19-9-6-12(7-10-19)11-15(20)13-5-8-18-17-14(13)3-2-4-16(17)21/h2-5,8,12,21H,6-7,9-11H2,1H3. The molecule has 1 saturated heterocycles. The minimum Gasteiger partial charge on any atom is -0.306 e. The largest absolute Gasteiger partial charge is 0.306 e. The van der Waals surface area contributed by atoms with Crippen LogP contribution < -0.4 is 0 Å². The number of hydrogen-bond donors (Lipinski definition) is 1. The van der Waals surface area contributed by atoms with Crippen LogP contribution in [0.3, 0.4) is 0 Å². The molecular formula is C17H20N2OS. The Kier molecular flexibility index (Phi) is 4.27. The average molecular weight is 300 g/mol. The number of likely N-dealkylation sites (tertiary alicyclic amines) is 1. The van der Waals surface area contributed by atoms with Crippen molar-refractivity contribution in [2.45, 2.75) is 24.2 Å². The third-order valence-corrected chi connectivity index (χ3v) is 4.72. The number of fused-ring (bicyclic) bond motifs is 1. The normalized spacial score (nSPS) is 17.2. The van der Waals surface area contributed by atoms with Crippen molar-refractivity contribution in [1.29, 1.82) is 0 Å². The number of benzene rings is 1. The first-order valence-corrected chi connectivity index (χ1v) is 7.88. The summed E-state index contributed by atoms with van der Waals surface area (Å²) in [6.45, 7) is 2.19. The van der Waals surface area contributed by atoms with Crippen molar-refractivity contribution in [2.75, 3.05) is 20.1 Å². The zero-order chi connectivity index (χ0) is 14.8. The lowest BCUT2D eigenvalue weighted by Crippen LogP contribution is -2.31. The van der Waals surface area contributed by atoms with Crippen LogP contribution in [0.4, 0.5) is 0 Å². The number of ketones is 1. The topological polar surface area (TPSA) is 33.2 Å². The first kappa shape index (κ1) is 14.5. The zero-order valence-electron chi connectivity index (χ0n) is 12.2. The van der Waals surface area contributed by atoms with Crippen LogP contribution in [-0.2, 0) is 0 Å². The lowest BCUT2D eigenvalue weighted by Gasteiger charge is -2.28. The first-order chi connectivity index (χ1) is 10.1. The van der Waals surface area contributed by atoms with Gasteiger partial charge in [-0.15, -0.1) is 12.6 Å². The quantitative estimate of drug-likeness (QED) is 0.696. The highest BCUT2D eigenvalue weighted by atomic mass is 32.1. The summed E-state index contributed by atoms with van der Waals surface area (Å²) in [5, 5.41) is 0.919. The number of aromatic nitrogens is 1. The van der Waals surface area contributed by atoms with Gasteiger partial charge >= 0.3 is 0 Å². The Morgan fingerprint density at radius 2 is 2.10 bits per heavy atom. The van der Waals surface area contributed by atoms with Gasteiger partial charge in [0.25, 0.3) is 0 Å². The van der Waals surface area contributed by atoms with E-state index >= 15 is 0 Å². The van der Waals surface area contributed by atoms with E-state index < -0.39 is 0 Å². The molecule has 1 aromatic carbocycles. The van der Waals surface area contributed by atoms with Gasteiger partial charge < -0.3 is 4.90 Å². The van der Waals surface area contributed by atoms with Gasteiger partial charge in [0.15, 0.2) is 5.78 Å². The van der Waals surface area contributed by atoms with Crippen LogP contribution in [0.15, 0.2) is 35.4 Å². The number of para-hydroxylation sites is 1. The maximum atomic E-state index is 12.7. The first-order valence-electron chi connectivity index (χ1n) is 7.43. The van der Waals surface area contributed by atoms with Crippen molar-refractivity contribution < 1.29 is 4.79 Å². The predicted octanol–water partition coefficient (Wildman–Crippen LogP) is 3.44. The fourth-order valence-corrected chi connectivity index (χ4v) is 3.31. The third kappa shape index (κ3) is 3.11. The Morgan fingerprint density at radius 3 is 2.86 bits per heavy atom. The lowest BCUT2D eigenvalue weighted by atomic mass is 9.89. The van der Waals surface area contributed by atoms with Gasteiger partial charge in [-0.05, 0) is 51.0 Å². The fraction of sp³-hybridized carbons (Fsp3) is 0.412. The molecule has 0 radical (unpaired) electrons. The van der Waals surface area contributed by atoms with E-state index in [1.54, 1.807) is 6.20 Å². The number of carbonyl (C=O) groups excluding carboxylic acids is 1. The molecule has 0 saturated carbocycles. The monoisotopic (exact) mass is 300 g/mol. The molecule has 0 unspecified atom stereocenters. The minimum atomic E-state index is 0.232. The number of carbonyl (C=O) groups is 1. The van der Waals surface area contributed by atoms with E-state index in [2.05, 4.69) is 29.6 Å². The number of hydrogen-bond acceptors (Lipinski definition) is 4. The van der Waals surface area contributed by atoms with Gasteiger partial charge in [0.1, 0.15) is 0 Å². The van der Waals surface area contributed by atoms with E-state index in [1.165, 1.54) is 0 Å². The molecule has 110 valence electrons. The highest BCUT2D eigenvalue weighted by Crippen LogP contribution is 2.26. The van der Waals surface area contributed by atoms with Crippen molar-refractivity contribution in [1.82, 2.24) is 9.88 Å². The average Bonchev–Trinajstić information content (AvgIpc) is 2.49. The SMILES string of the molecule is CN1CCC(CC(=O)c2ccnc3c(S)cccc23)CC1. The van der Waals surface area contributed by atoms with Crippen molar-refractivity contribution >= 4 is 29.3 Å². The Hall–Kier alpha value is -1.39. The summed E-state index contributed by atoms with van der Waals surface area (Å²) >= 11 is 4.43. The number of Topliss-reactive ketones (excluding diaryl/α,β-unsaturated/α-hetero) is 1. The molecular weight excluding hydrogens is 280 g/mol. The molecule has 1 aliphatic heterocycles. The summed E-state index contributed by atoms with van der Waals surface area (Å²) in [6, 6.07) is 7.64. The molecule has 3 rings (SSSR count). The summed E-state index contributed by atoms with van der Waals surface area (Å²) < 4.78 is 0. The summed E-state index contributed by atoms with van der Waals surface area (Å²) in [5.41, 5.74) is 1.60. The molecule has 0 atom stereocenters. The number of piperidine rings is 1. The number of pyridine rings is 1. The molecule has 0 spiro atoms. The van der Waals surface area contributed by atoms with Crippen LogP contribution in [-0.4, -0.2) is 35.8 Å². The lowest BCUT2D eigenvalue weighted by molar-refractivity contribution is 0.0937. The van der Waals surface area contributed by atoms with E-state index in [0.29, 0.717) is 12.3 Å². The van der Waals surface area contributed by atoms with Crippen LogP contribution in [0, 0.1) is 5.92 Å².